The summed E-state index contributed by atoms with van der Waals surface area (Å²) in [4.78, 5) is 28.0. The van der Waals surface area contributed by atoms with Crippen molar-refractivity contribution in [2.75, 3.05) is 31.6 Å². The van der Waals surface area contributed by atoms with Gasteiger partial charge in [-0.1, -0.05) is 49.4 Å². The molecule has 0 saturated heterocycles. The van der Waals surface area contributed by atoms with Crippen LogP contribution in [-0.4, -0.2) is 53.1 Å². The Morgan fingerprint density at radius 1 is 1.03 bits per heavy atom. The van der Waals surface area contributed by atoms with E-state index in [1.54, 1.807) is 24.3 Å². The molecule has 0 radical (unpaired) electrons. The highest BCUT2D eigenvalue weighted by Gasteiger charge is 2.34. The summed E-state index contributed by atoms with van der Waals surface area (Å²) in [6.45, 7) is 2.49. The summed E-state index contributed by atoms with van der Waals surface area (Å²) < 4.78 is 39.4. The Morgan fingerprint density at radius 3 is 2.50 bits per heavy atom. The Balaban J connectivity index is 1.57. The van der Waals surface area contributed by atoms with Crippen molar-refractivity contribution < 1.29 is 27.5 Å². The predicted octanol–water partition coefficient (Wildman–Crippen LogP) is 3.15. The molecule has 4 rings (SSSR count). The number of nitrogens with zero attached hydrogens (tertiary/aromatic N) is 1. The van der Waals surface area contributed by atoms with E-state index in [9.17, 15) is 18.0 Å². The molecule has 1 aliphatic rings. The molecular weight excluding hydrogens is 506 g/mol. The molecule has 38 heavy (non-hydrogen) atoms. The van der Waals surface area contributed by atoms with Crippen LogP contribution < -0.4 is 24.4 Å². The highest BCUT2D eigenvalue weighted by molar-refractivity contribution is 7.89. The quantitative estimate of drug-likeness (QED) is 0.411. The Kier molecular flexibility index (Phi) is 8.65. The molecule has 3 aromatic carbocycles. The van der Waals surface area contributed by atoms with Crippen molar-refractivity contribution in [3.8, 4) is 11.5 Å². The number of carbonyl (C=O) groups is 2. The standard InChI is InChI=1S/C28H31N3O6S/c1-3-16-30-38(34,35)26-18-21(13-14-24(26)36-2)28(33)31-19-25(37-23-12-8-7-11-22(23)31)27(32)29-17-15-20-9-5-4-6-10-20/h4-14,18,25,30H,3,15-17,19H2,1-2H3,(H,29,32). The first-order valence-electron chi connectivity index (χ1n) is 12.4. The van der Waals surface area contributed by atoms with E-state index < -0.39 is 22.0 Å². The van der Waals surface area contributed by atoms with Crippen LogP contribution in [-0.2, 0) is 21.2 Å². The normalized spacial score (nSPS) is 14.8. The van der Waals surface area contributed by atoms with Crippen LogP contribution in [0.25, 0.3) is 0 Å². The van der Waals surface area contributed by atoms with Gasteiger partial charge in [-0.15, -0.1) is 0 Å². The number of amides is 2. The van der Waals surface area contributed by atoms with E-state index in [4.69, 9.17) is 9.47 Å². The van der Waals surface area contributed by atoms with E-state index in [0.29, 0.717) is 30.8 Å². The van der Waals surface area contributed by atoms with Crippen LogP contribution in [0.5, 0.6) is 11.5 Å². The van der Waals surface area contributed by atoms with Crippen LogP contribution in [0.4, 0.5) is 5.69 Å². The van der Waals surface area contributed by atoms with Crippen LogP contribution in [0.15, 0.2) is 77.7 Å². The molecule has 0 aromatic heterocycles. The molecule has 2 N–H and O–H groups in total. The first-order chi connectivity index (χ1) is 18.3. The number of ether oxygens (including phenoxy) is 2. The van der Waals surface area contributed by atoms with E-state index in [0.717, 1.165) is 5.56 Å². The van der Waals surface area contributed by atoms with Crippen LogP contribution in [0.1, 0.15) is 29.3 Å². The number of carbonyl (C=O) groups excluding carboxylic acids is 2. The van der Waals surface area contributed by atoms with Crippen molar-refractivity contribution in [3.05, 3.63) is 83.9 Å². The van der Waals surface area contributed by atoms with Crippen LogP contribution in [0, 0.1) is 0 Å². The fourth-order valence-corrected chi connectivity index (χ4v) is 5.47. The van der Waals surface area contributed by atoms with Gasteiger partial charge in [0, 0.05) is 18.7 Å². The van der Waals surface area contributed by atoms with Gasteiger partial charge in [-0.2, -0.15) is 0 Å². The lowest BCUT2D eigenvalue weighted by Gasteiger charge is -2.34. The van der Waals surface area contributed by atoms with Crippen molar-refractivity contribution in [2.24, 2.45) is 0 Å². The SMILES string of the molecule is CCCNS(=O)(=O)c1cc(C(=O)N2CC(C(=O)NCCc3ccccc3)Oc3ccccc32)ccc1OC. The second-order valence-electron chi connectivity index (χ2n) is 8.78. The largest absolute Gasteiger partial charge is 0.495 e. The maximum atomic E-state index is 13.7. The minimum atomic E-state index is -3.90. The molecule has 0 saturated carbocycles. The van der Waals surface area contributed by atoms with Crippen LogP contribution >= 0.6 is 0 Å². The summed E-state index contributed by atoms with van der Waals surface area (Å²) in [7, 11) is -2.53. The molecular formula is C28H31N3O6S. The molecule has 1 aliphatic heterocycles. The molecule has 9 nitrogen and oxygen atoms in total. The monoisotopic (exact) mass is 537 g/mol. The van der Waals surface area contributed by atoms with Crippen molar-refractivity contribution in [2.45, 2.75) is 30.8 Å². The average Bonchev–Trinajstić information content (AvgIpc) is 2.95. The van der Waals surface area contributed by atoms with Gasteiger partial charge in [-0.25, -0.2) is 13.1 Å². The summed E-state index contributed by atoms with van der Waals surface area (Å²) in [6, 6.07) is 21.0. The number of benzene rings is 3. The van der Waals surface area contributed by atoms with E-state index >= 15 is 0 Å². The molecule has 1 heterocycles. The van der Waals surface area contributed by atoms with Gasteiger partial charge < -0.3 is 19.7 Å². The van der Waals surface area contributed by atoms with Crippen molar-refractivity contribution in [1.29, 1.82) is 0 Å². The van der Waals surface area contributed by atoms with Gasteiger partial charge >= 0.3 is 0 Å². The maximum absolute atomic E-state index is 13.7. The van der Waals surface area contributed by atoms with Gasteiger partial charge in [0.25, 0.3) is 11.8 Å². The Morgan fingerprint density at radius 2 is 1.76 bits per heavy atom. The molecule has 0 aliphatic carbocycles. The summed E-state index contributed by atoms with van der Waals surface area (Å²) in [5, 5.41) is 2.89. The molecule has 1 atom stereocenters. The van der Waals surface area contributed by atoms with Gasteiger partial charge in [-0.3, -0.25) is 9.59 Å². The van der Waals surface area contributed by atoms with E-state index in [2.05, 4.69) is 10.0 Å². The zero-order valence-electron chi connectivity index (χ0n) is 21.3. The number of anilines is 1. The third kappa shape index (κ3) is 6.15. The van der Waals surface area contributed by atoms with Gasteiger partial charge in [-0.05, 0) is 48.7 Å². The molecule has 10 heteroatoms. The molecule has 0 spiro atoms. The number of hydrogen-bond acceptors (Lipinski definition) is 6. The van der Waals surface area contributed by atoms with E-state index in [-0.39, 0.29) is 35.2 Å². The van der Waals surface area contributed by atoms with Gasteiger partial charge in [0.1, 0.15) is 16.4 Å². The summed E-state index contributed by atoms with van der Waals surface area (Å²) >= 11 is 0. The highest BCUT2D eigenvalue weighted by Crippen LogP contribution is 2.35. The lowest BCUT2D eigenvalue weighted by Crippen LogP contribution is -2.51. The smallest absolute Gasteiger partial charge is 0.262 e. The lowest BCUT2D eigenvalue weighted by molar-refractivity contribution is -0.127. The fraction of sp³-hybridized carbons (Fsp3) is 0.286. The first kappa shape index (κ1) is 27.2. The molecule has 1 unspecified atom stereocenters. The minimum Gasteiger partial charge on any atom is -0.495 e. The zero-order chi connectivity index (χ0) is 27.1. The summed E-state index contributed by atoms with van der Waals surface area (Å²) in [6.07, 6.45) is 0.338. The van der Waals surface area contributed by atoms with E-state index in [1.165, 1.54) is 30.2 Å². The van der Waals surface area contributed by atoms with Gasteiger partial charge in [0.15, 0.2) is 6.10 Å². The third-order valence-electron chi connectivity index (χ3n) is 6.11. The first-order valence-corrected chi connectivity index (χ1v) is 13.9. The maximum Gasteiger partial charge on any atom is 0.262 e. The topological polar surface area (TPSA) is 114 Å². The van der Waals surface area contributed by atoms with Crippen LogP contribution in [0.3, 0.4) is 0 Å². The molecule has 0 bridgehead atoms. The number of fused-ring (bicyclic) bond motifs is 1. The number of methoxy groups -OCH3 is 1. The van der Waals surface area contributed by atoms with Gasteiger partial charge in [0.2, 0.25) is 10.0 Å². The van der Waals surface area contributed by atoms with Crippen molar-refractivity contribution in [1.82, 2.24) is 10.0 Å². The highest BCUT2D eigenvalue weighted by atomic mass is 32.2. The Bertz CT molecular complexity index is 1390. The van der Waals surface area contributed by atoms with Crippen molar-refractivity contribution >= 4 is 27.5 Å². The molecule has 2 amide bonds. The van der Waals surface area contributed by atoms with E-state index in [1.807, 2.05) is 37.3 Å². The average molecular weight is 538 g/mol. The van der Waals surface area contributed by atoms with Gasteiger partial charge in [0.05, 0.1) is 19.3 Å². The number of sulfonamides is 1. The number of nitrogens with one attached hydrogen (secondary N) is 2. The second-order valence-corrected chi connectivity index (χ2v) is 10.5. The third-order valence-corrected chi connectivity index (χ3v) is 7.59. The summed E-state index contributed by atoms with van der Waals surface area (Å²) in [5.41, 5.74) is 1.73. The van der Waals surface area contributed by atoms with Crippen molar-refractivity contribution in [3.63, 3.8) is 0 Å². The predicted molar refractivity (Wildman–Crippen MR) is 144 cm³/mol. The second kappa shape index (κ2) is 12.1. The Hall–Kier alpha value is -3.89. The zero-order valence-corrected chi connectivity index (χ0v) is 22.2. The number of hydrogen-bond donors (Lipinski definition) is 2. The molecule has 0 fully saturated rings. The summed E-state index contributed by atoms with van der Waals surface area (Å²) in [5.74, 6) is -0.281. The Labute approximate surface area is 222 Å². The number of rotatable bonds is 10. The molecule has 200 valence electrons. The number of para-hydroxylation sites is 2. The molecule has 3 aromatic rings. The van der Waals surface area contributed by atoms with Crippen LogP contribution in [0.2, 0.25) is 0 Å². The lowest BCUT2D eigenvalue weighted by atomic mass is 10.1. The minimum absolute atomic E-state index is 0.0325. The fourth-order valence-electron chi connectivity index (χ4n) is 4.14.